The number of halogens is 2. The van der Waals surface area contributed by atoms with Gasteiger partial charge in [0.1, 0.15) is 6.29 Å². The summed E-state index contributed by atoms with van der Waals surface area (Å²) in [5.41, 5.74) is 0.882. The van der Waals surface area contributed by atoms with Crippen molar-refractivity contribution in [3.05, 3.63) is 58.8 Å². The third-order valence-corrected chi connectivity index (χ3v) is 6.51. The number of anilines is 1. The molecule has 1 heterocycles. The first-order chi connectivity index (χ1) is 12.6. The smallest absolute Gasteiger partial charge is 0.323 e. The van der Waals surface area contributed by atoms with E-state index in [1.165, 1.54) is 36.7 Å². The Balaban J connectivity index is 2.19. The third-order valence-electron chi connectivity index (χ3n) is 3.48. The topological polar surface area (TPSA) is 121 Å². The summed E-state index contributed by atoms with van der Waals surface area (Å²) in [6.45, 7) is 0. The van der Waals surface area contributed by atoms with Crippen LogP contribution in [0.3, 0.4) is 0 Å². The second kappa shape index (κ2) is 7.35. The van der Waals surface area contributed by atoms with Gasteiger partial charge in [-0.3, -0.25) is 18.8 Å². The van der Waals surface area contributed by atoms with E-state index in [1.807, 2.05) is 0 Å². The van der Waals surface area contributed by atoms with Crippen LogP contribution >= 0.6 is 30.8 Å². The van der Waals surface area contributed by atoms with Crippen LogP contribution in [0.15, 0.2) is 53.7 Å². The maximum atomic E-state index is 13.1. The summed E-state index contributed by atoms with van der Waals surface area (Å²) in [7, 11) is -9.12. The van der Waals surface area contributed by atoms with Crippen molar-refractivity contribution in [2.24, 2.45) is 0 Å². The summed E-state index contributed by atoms with van der Waals surface area (Å²) in [6.07, 6.45) is 1.83. The van der Waals surface area contributed by atoms with Gasteiger partial charge in [-0.05, 0) is 36.4 Å². The summed E-state index contributed by atoms with van der Waals surface area (Å²) >= 11 is 11.8. The summed E-state index contributed by atoms with van der Waals surface area (Å²) in [4.78, 5) is 26.7. The Morgan fingerprint density at radius 2 is 1.56 bits per heavy atom. The van der Waals surface area contributed by atoms with Gasteiger partial charge >= 0.3 is 7.60 Å². The van der Waals surface area contributed by atoms with Crippen molar-refractivity contribution in [1.29, 1.82) is 0 Å². The zero-order chi connectivity index (χ0) is 19.8. The molecule has 0 aliphatic rings. The van der Waals surface area contributed by atoms with Gasteiger partial charge in [0.25, 0.3) is 10.0 Å². The largest absolute Gasteiger partial charge is 0.345 e. The van der Waals surface area contributed by atoms with E-state index in [9.17, 15) is 22.8 Å². The number of hydrogen-bond donors (Lipinski definition) is 2. The molecule has 12 heteroatoms. The highest BCUT2D eigenvalue weighted by molar-refractivity contribution is 7.93. The Labute approximate surface area is 164 Å². The summed E-state index contributed by atoms with van der Waals surface area (Å²) < 4.78 is 38.4. The highest BCUT2D eigenvalue weighted by Crippen LogP contribution is 2.40. The van der Waals surface area contributed by atoms with Crippen molar-refractivity contribution in [2.45, 2.75) is 4.90 Å². The van der Waals surface area contributed by atoms with Crippen LogP contribution in [-0.4, -0.2) is 34.5 Å². The summed E-state index contributed by atoms with van der Waals surface area (Å²) in [6, 6.07) is 7.91. The molecular formula is C15H12Cl2N3O5PS. The minimum absolute atomic E-state index is 0.0161. The van der Waals surface area contributed by atoms with Gasteiger partial charge in [0.2, 0.25) is 0 Å². The molecule has 0 atom stereocenters. The van der Waals surface area contributed by atoms with Crippen molar-refractivity contribution in [3.63, 3.8) is 0 Å². The Morgan fingerprint density at radius 3 is 2.15 bits per heavy atom. The van der Waals surface area contributed by atoms with Crippen LogP contribution in [0.5, 0.6) is 0 Å². The lowest BCUT2D eigenvalue weighted by molar-refractivity contribution is 0.373. The van der Waals surface area contributed by atoms with Gasteiger partial charge in [0.05, 0.1) is 21.6 Å². The van der Waals surface area contributed by atoms with Crippen LogP contribution in [0, 0.1) is 0 Å². The SMILES string of the molecule is O=P(O)(O)CN(c1ccc2nccnc2c1)S(=O)(=O)c1cc(Cl)cc(Cl)c1. The second-order valence-corrected chi connectivity index (χ2v) is 9.84. The van der Waals surface area contributed by atoms with E-state index in [-0.39, 0.29) is 20.6 Å². The Bertz CT molecular complexity index is 1150. The fourth-order valence-corrected chi connectivity index (χ4v) is 5.79. The number of aromatic nitrogens is 2. The highest BCUT2D eigenvalue weighted by Gasteiger charge is 2.31. The van der Waals surface area contributed by atoms with Gasteiger partial charge in [0.15, 0.2) is 0 Å². The quantitative estimate of drug-likeness (QED) is 0.575. The lowest BCUT2D eigenvalue weighted by Crippen LogP contribution is -2.32. The second-order valence-electron chi connectivity index (χ2n) is 5.49. The van der Waals surface area contributed by atoms with Crippen LogP contribution in [0.25, 0.3) is 11.0 Å². The number of hydrogen-bond acceptors (Lipinski definition) is 5. The molecule has 142 valence electrons. The fraction of sp³-hybridized carbons (Fsp3) is 0.0667. The molecule has 8 nitrogen and oxygen atoms in total. The average molecular weight is 448 g/mol. The number of sulfonamides is 1. The number of fused-ring (bicyclic) bond motifs is 1. The van der Waals surface area contributed by atoms with E-state index in [2.05, 4.69) is 9.97 Å². The molecule has 0 unspecified atom stereocenters. The standard InChI is InChI=1S/C15H12Cl2N3O5PS/c16-10-5-11(17)7-13(6-10)27(24,25)20(9-26(21,22)23)12-1-2-14-15(8-12)19-4-3-18-14/h1-8H,9H2,(H2,21,22,23). The lowest BCUT2D eigenvalue weighted by Gasteiger charge is -2.25. The zero-order valence-corrected chi connectivity index (χ0v) is 16.6. The van der Waals surface area contributed by atoms with Crippen LogP contribution in [-0.2, 0) is 14.6 Å². The molecule has 3 rings (SSSR count). The van der Waals surface area contributed by atoms with Crippen molar-refractivity contribution < 1.29 is 22.8 Å². The van der Waals surface area contributed by atoms with Crippen LogP contribution < -0.4 is 4.31 Å². The maximum absolute atomic E-state index is 13.1. The van der Waals surface area contributed by atoms with Gasteiger partial charge in [0, 0.05) is 22.4 Å². The third kappa shape index (κ3) is 4.57. The molecule has 1 aromatic heterocycles. The van der Waals surface area contributed by atoms with Gasteiger partial charge in [-0.15, -0.1) is 0 Å². The molecule has 0 bridgehead atoms. The molecule has 2 N–H and O–H groups in total. The van der Waals surface area contributed by atoms with Gasteiger partial charge in [-0.2, -0.15) is 0 Å². The minimum Gasteiger partial charge on any atom is -0.323 e. The van der Waals surface area contributed by atoms with Gasteiger partial charge in [-0.1, -0.05) is 23.2 Å². The molecule has 0 fully saturated rings. The molecule has 0 saturated carbocycles. The summed E-state index contributed by atoms with van der Waals surface area (Å²) in [5.74, 6) is 0. The predicted octanol–water partition coefficient (Wildman–Crippen LogP) is 3.27. The number of benzene rings is 2. The molecule has 0 aliphatic carbocycles. The van der Waals surface area contributed by atoms with E-state index in [0.29, 0.717) is 15.3 Å². The fourth-order valence-electron chi connectivity index (χ4n) is 2.38. The van der Waals surface area contributed by atoms with Crippen molar-refractivity contribution in [3.8, 4) is 0 Å². The van der Waals surface area contributed by atoms with Gasteiger partial charge in [-0.25, -0.2) is 8.42 Å². The van der Waals surface area contributed by atoms with Gasteiger partial charge < -0.3 is 9.79 Å². The molecule has 2 aromatic carbocycles. The lowest BCUT2D eigenvalue weighted by atomic mass is 10.2. The first-order valence-electron chi connectivity index (χ1n) is 7.30. The first-order valence-corrected chi connectivity index (χ1v) is 11.3. The van der Waals surface area contributed by atoms with Crippen molar-refractivity contribution in [1.82, 2.24) is 9.97 Å². The molecule has 0 spiro atoms. The molecular weight excluding hydrogens is 436 g/mol. The normalized spacial score (nSPS) is 12.3. The highest BCUT2D eigenvalue weighted by atomic mass is 35.5. The zero-order valence-electron chi connectivity index (χ0n) is 13.4. The van der Waals surface area contributed by atoms with Crippen LogP contribution in [0.2, 0.25) is 10.0 Å². The monoisotopic (exact) mass is 447 g/mol. The van der Waals surface area contributed by atoms with E-state index in [1.54, 1.807) is 0 Å². The van der Waals surface area contributed by atoms with E-state index < -0.39 is 23.9 Å². The molecule has 0 radical (unpaired) electrons. The Morgan fingerprint density at radius 1 is 0.963 bits per heavy atom. The molecule has 0 amide bonds. The molecule has 3 aromatic rings. The van der Waals surface area contributed by atoms with Crippen molar-refractivity contribution in [2.75, 3.05) is 10.6 Å². The van der Waals surface area contributed by atoms with E-state index in [4.69, 9.17) is 23.2 Å². The predicted molar refractivity (Wildman–Crippen MR) is 103 cm³/mol. The maximum Gasteiger partial charge on any atom is 0.345 e. The first kappa shape index (κ1) is 20.0. The molecule has 0 saturated heterocycles. The average Bonchev–Trinajstić information content (AvgIpc) is 2.57. The Hall–Kier alpha value is -1.74. The summed E-state index contributed by atoms with van der Waals surface area (Å²) in [5, 5.41) is 0.142. The molecule has 0 aliphatic heterocycles. The molecule has 27 heavy (non-hydrogen) atoms. The number of nitrogens with zero attached hydrogens (tertiary/aromatic N) is 3. The number of rotatable bonds is 5. The Kier molecular flexibility index (Phi) is 5.45. The van der Waals surface area contributed by atoms with E-state index >= 15 is 0 Å². The van der Waals surface area contributed by atoms with E-state index in [0.717, 1.165) is 12.1 Å². The van der Waals surface area contributed by atoms with Crippen LogP contribution in [0.1, 0.15) is 0 Å². The van der Waals surface area contributed by atoms with Crippen molar-refractivity contribution >= 4 is 57.5 Å². The van der Waals surface area contributed by atoms with Crippen LogP contribution in [0.4, 0.5) is 5.69 Å². The minimum atomic E-state index is -4.74.